The van der Waals surface area contributed by atoms with Crippen molar-refractivity contribution in [1.82, 2.24) is 44.9 Å². The van der Waals surface area contributed by atoms with Crippen LogP contribution in [0.1, 0.15) is 41.5 Å². The highest BCUT2D eigenvalue weighted by Gasteiger charge is 2.27. The Bertz CT molecular complexity index is 1050. The van der Waals surface area contributed by atoms with Crippen molar-refractivity contribution in [3.8, 4) is 0 Å². The Morgan fingerprint density at radius 3 is 1.14 bits per heavy atom. The van der Waals surface area contributed by atoms with Crippen LogP contribution in [0.3, 0.4) is 0 Å². The molecule has 298 valence electrons. The summed E-state index contributed by atoms with van der Waals surface area (Å²) >= 11 is 5.16. The highest BCUT2D eigenvalue weighted by Crippen LogP contribution is 2.12. The van der Waals surface area contributed by atoms with Gasteiger partial charge in [-0.1, -0.05) is 0 Å². The first-order chi connectivity index (χ1) is 23.6. The van der Waals surface area contributed by atoms with Crippen LogP contribution in [0.2, 0.25) is 0 Å². The SMILES string of the molecule is CC(C)(C)OC(=O)N1CCNCC1.CN(C)C(=O)CCl.CN(C)C(=O)CN1CCN(C(=O)OC(C)(C)C)CC1.CN(C)C(=O)CN1CCNCC1. The molecule has 3 rings (SSSR count). The molecule has 17 heteroatoms. The monoisotopic (exact) mass is 749 g/mol. The van der Waals surface area contributed by atoms with E-state index < -0.39 is 5.60 Å². The number of rotatable bonds is 5. The number of carbonyl (C=O) groups is 5. The van der Waals surface area contributed by atoms with E-state index in [1.165, 1.54) is 4.90 Å². The predicted molar refractivity (Wildman–Crippen MR) is 201 cm³/mol. The quantitative estimate of drug-likeness (QED) is 0.384. The number of carbonyl (C=O) groups excluding carboxylic acids is 5. The maximum Gasteiger partial charge on any atom is 0.410 e. The van der Waals surface area contributed by atoms with Crippen molar-refractivity contribution < 1.29 is 33.4 Å². The zero-order valence-electron chi connectivity index (χ0n) is 33.5. The molecule has 3 aliphatic rings. The second-order valence-corrected chi connectivity index (χ2v) is 15.3. The Balaban J connectivity index is 0.000000690. The fraction of sp³-hybridized carbons (Fsp3) is 0.853. The van der Waals surface area contributed by atoms with Crippen LogP contribution >= 0.6 is 11.6 Å². The van der Waals surface area contributed by atoms with E-state index in [4.69, 9.17) is 21.1 Å². The maximum atomic E-state index is 11.9. The summed E-state index contributed by atoms with van der Waals surface area (Å²) in [5.74, 6) is 0.303. The summed E-state index contributed by atoms with van der Waals surface area (Å²) in [7, 11) is 10.4. The summed E-state index contributed by atoms with van der Waals surface area (Å²) < 4.78 is 10.6. The second kappa shape index (κ2) is 24.3. The van der Waals surface area contributed by atoms with Crippen LogP contribution in [0.4, 0.5) is 9.59 Å². The highest BCUT2D eigenvalue weighted by molar-refractivity contribution is 6.27. The molecule has 0 aromatic carbocycles. The van der Waals surface area contributed by atoms with E-state index >= 15 is 0 Å². The molecule has 0 aliphatic carbocycles. The topological polar surface area (TPSA) is 151 Å². The minimum Gasteiger partial charge on any atom is -0.444 e. The van der Waals surface area contributed by atoms with Gasteiger partial charge in [0.15, 0.2) is 0 Å². The van der Waals surface area contributed by atoms with Crippen molar-refractivity contribution in [2.24, 2.45) is 0 Å². The van der Waals surface area contributed by atoms with Crippen LogP contribution in [0.5, 0.6) is 0 Å². The van der Waals surface area contributed by atoms with E-state index in [-0.39, 0.29) is 41.4 Å². The fourth-order valence-electron chi connectivity index (χ4n) is 4.24. The van der Waals surface area contributed by atoms with Gasteiger partial charge in [0.05, 0.1) is 13.1 Å². The molecule has 0 saturated carbocycles. The molecule has 0 radical (unpaired) electrons. The molecule has 0 unspecified atom stereocenters. The summed E-state index contributed by atoms with van der Waals surface area (Å²) in [5.41, 5.74) is -0.850. The zero-order chi connectivity index (χ0) is 39.4. The number of nitrogens with one attached hydrogen (secondary N) is 2. The van der Waals surface area contributed by atoms with E-state index in [1.54, 1.807) is 61.9 Å². The van der Waals surface area contributed by atoms with Gasteiger partial charge < -0.3 is 44.6 Å². The van der Waals surface area contributed by atoms with Crippen LogP contribution in [-0.4, -0.2) is 215 Å². The van der Waals surface area contributed by atoms with E-state index in [0.29, 0.717) is 39.3 Å². The Hall–Kier alpha value is -2.92. The largest absolute Gasteiger partial charge is 0.444 e. The molecular formula is C34H68ClN9O7. The molecule has 0 atom stereocenters. The summed E-state index contributed by atoms with van der Waals surface area (Å²) in [6, 6.07) is 0. The third kappa shape index (κ3) is 24.0. The lowest BCUT2D eigenvalue weighted by Gasteiger charge is -2.35. The number of hydrogen-bond acceptors (Lipinski definition) is 11. The van der Waals surface area contributed by atoms with E-state index in [9.17, 15) is 24.0 Å². The molecule has 0 aromatic heterocycles. The first kappa shape index (κ1) is 48.1. The summed E-state index contributed by atoms with van der Waals surface area (Å²) in [6.45, 7) is 22.0. The number of piperazine rings is 3. The fourth-order valence-corrected chi connectivity index (χ4v) is 4.48. The lowest BCUT2D eigenvalue weighted by molar-refractivity contribution is -0.130. The molecule has 0 aromatic rings. The van der Waals surface area contributed by atoms with Crippen molar-refractivity contribution in [2.45, 2.75) is 52.7 Å². The maximum absolute atomic E-state index is 11.9. The van der Waals surface area contributed by atoms with Crippen molar-refractivity contribution >= 4 is 41.5 Å². The summed E-state index contributed by atoms with van der Waals surface area (Å²) in [5, 5.41) is 6.43. The van der Waals surface area contributed by atoms with E-state index in [0.717, 1.165) is 52.4 Å². The van der Waals surface area contributed by atoms with E-state index in [1.807, 2.05) is 41.5 Å². The number of nitrogens with zero attached hydrogens (tertiary/aromatic N) is 7. The second-order valence-electron chi connectivity index (χ2n) is 15.0. The number of hydrogen-bond donors (Lipinski definition) is 2. The first-order valence-corrected chi connectivity index (χ1v) is 18.1. The Morgan fingerprint density at radius 2 is 0.843 bits per heavy atom. The molecule has 3 fully saturated rings. The van der Waals surface area contributed by atoms with Crippen molar-refractivity contribution in [2.75, 3.05) is 140 Å². The zero-order valence-corrected chi connectivity index (χ0v) is 34.2. The predicted octanol–water partition coefficient (Wildman–Crippen LogP) is 0.747. The third-order valence-electron chi connectivity index (χ3n) is 7.33. The minimum absolute atomic E-state index is 0.0540. The van der Waals surface area contributed by atoms with Gasteiger partial charge >= 0.3 is 12.2 Å². The smallest absolute Gasteiger partial charge is 0.410 e. The van der Waals surface area contributed by atoms with Crippen LogP contribution in [0.25, 0.3) is 0 Å². The van der Waals surface area contributed by atoms with Gasteiger partial charge in [-0.2, -0.15) is 0 Å². The molecular weight excluding hydrogens is 682 g/mol. The number of alkyl halides is 1. The molecule has 3 saturated heterocycles. The average Bonchev–Trinajstić information content (AvgIpc) is 3.04. The Morgan fingerprint density at radius 1 is 0.529 bits per heavy atom. The lowest BCUT2D eigenvalue weighted by Crippen LogP contribution is -2.51. The van der Waals surface area contributed by atoms with Gasteiger partial charge in [0.1, 0.15) is 17.1 Å². The van der Waals surface area contributed by atoms with Gasteiger partial charge in [0.25, 0.3) is 0 Å². The molecule has 51 heavy (non-hydrogen) atoms. The van der Waals surface area contributed by atoms with Gasteiger partial charge in [-0.25, -0.2) is 9.59 Å². The minimum atomic E-state index is -0.463. The number of halogens is 1. The average molecular weight is 750 g/mol. The number of likely N-dealkylation sites (N-methyl/N-ethyl adjacent to an activating group) is 2. The van der Waals surface area contributed by atoms with Gasteiger partial charge in [-0.05, 0) is 41.5 Å². The van der Waals surface area contributed by atoms with E-state index in [2.05, 4.69) is 20.4 Å². The highest BCUT2D eigenvalue weighted by atomic mass is 35.5. The molecule has 16 nitrogen and oxygen atoms in total. The van der Waals surface area contributed by atoms with Crippen molar-refractivity contribution in [3.63, 3.8) is 0 Å². The van der Waals surface area contributed by atoms with Crippen LogP contribution < -0.4 is 10.6 Å². The number of ether oxygens (including phenoxy) is 2. The third-order valence-corrected chi connectivity index (χ3v) is 7.56. The molecule has 2 N–H and O–H groups in total. The molecule has 3 aliphatic heterocycles. The van der Waals surface area contributed by atoms with Gasteiger partial charge in [0, 0.05) is 121 Å². The lowest BCUT2D eigenvalue weighted by atomic mass is 10.2. The normalized spacial score (nSPS) is 16.8. The van der Waals surface area contributed by atoms with Gasteiger partial charge in [0.2, 0.25) is 17.7 Å². The van der Waals surface area contributed by atoms with Crippen molar-refractivity contribution in [1.29, 1.82) is 0 Å². The van der Waals surface area contributed by atoms with Gasteiger partial charge in [-0.15, -0.1) is 11.6 Å². The Labute approximate surface area is 312 Å². The number of amides is 5. The van der Waals surface area contributed by atoms with Crippen LogP contribution in [-0.2, 0) is 23.9 Å². The van der Waals surface area contributed by atoms with Gasteiger partial charge in [-0.3, -0.25) is 24.2 Å². The standard InChI is InChI=1S/C13H25N3O3.C9H18N2O2.C8H17N3O.C4H8ClNO/c1-13(2,3)19-12(18)16-8-6-15(7-9-16)10-11(17)14(4)5;1-9(2,3)13-8(12)11-6-4-10-5-7-11;1-10(2)8(12)7-11-5-3-9-4-6-11;1-6(2)4(7)3-5/h6-10H2,1-5H3;10H,4-7H2,1-3H3;9H,3-7H2,1-2H3;3H2,1-2H3. The molecule has 5 amide bonds. The van der Waals surface area contributed by atoms with Crippen LogP contribution in [0.15, 0.2) is 0 Å². The molecule has 0 bridgehead atoms. The Kier molecular flexibility index (Phi) is 23.0. The van der Waals surface area contributed by atoms with Crippen LogP contribution in [0, 0.1) is 0 Å². The summed E-state index contributed by atoms with van der Waals surface area (Å²) in [6.07, 6.45) is -0.472. The van der Waals surface area contributed by atoms with Crippen molar-refractivity contribution in [3.05, 3.63) is 0 Å². The first-order valence-electron chi connectivity index (χ1n) is 17.5. The molecule has 0 spiro atoms. The summed E-state index contributed by atoms with van der Waals surface area (Å²) in [4.78, 5) is 68.9. The molecule has 3 heterocycles.